The molecule has 0 aromatic heterocycles. The average molecular weight is 338 g/mol. The SMILES string of the molecule is CC(=O)OC(=O)C(=O)CC1CCCCCCCCCCCCCC1. The van der Waals surface area contributed by atoms with E-state index in [0.29, 0.717) is 0 Å². The lowest BCUT2D eigenvalue weighted by molar-refractivity contribution is -0.163. The summed E-state index contributed by atoms with van der Waals surface area (Å²) < 4.78 is 4.41. The fraction of sp³-hybridized carbons (Fsp3) is 0.850. The number of rotatable bonds is 3. The normalized spacial score (nSPS) is 19.7. The average Bonchev–Trinajstić information content (AvgIpc) is 2.54. The van der Waals surface area contributed by atoms with E-state index < -0.39 is 17.7 Å². The molecule has 0 heterocycles. The van der Waals surface area contributed by atoms with Gasteiger partial charge < -0.3 is 4.74 Å². The summed E-state index contributed by atoms with van der Waals surface area (Å²) in [4.78, 5) is 34.3. The van der Waals surface area contributed by atoms with Crippen molar-refractivity contribution in [1.82, 2.24) is 0 Å². The van der Waals surface area contributed by atoms with Gasteiger partial charge in [0.15, 0.2) is 0 Å². The van der Waals surface area contributed by atoms with Crippen molar-refractivity contribution in [3.05, 3.63) is 0 Å². The molecule has 0 radical (unpaired) electrons. The third-order valence-electron chi connectivity index (χ3n) is 4.91. The topological polar surface area (TPSA) is 60.4 Å². The van der Waals surface area contributed by atoms with Crippen LogP contribution in [-0.2, 0) is 19.1 Å². The molecule has 138 valence electrons. The molecule has 1 aliphatic rings. The van der Waals surface area contributed by atoms with Gasteiger partial charge in [-0.05, 0) is 5.92 Å². The molecule has 0 amide bonds. The van der Waals surface area contributed by atoms with Crippen LogP contribution in [0.5, 0.6) is 0 Å². The second-order valence-electron chi connectivity index (χ2n) is 7.19. The third kappa shape index (κ3) is 10.6. The Bertz CT molecular complexity index is 373. The number of carbonyl (C=O) groups is 3. The van der Waals surface area contributed by atoms with Gasteiger partial charge in [0.2, 0.25) is 5.78 Å². The molecule has 0 bridgehead atoms. The van der Waals surface area contributed by atoms with E-state index >= 15 is 0 Å². The van der Waals surface area contributed by atoms with E-state index in [4.69, 9.17) is 0 Å². The third-order valence-corrected chi connectivity index (χ3v) is 4.91. The molecule has 1 rings (SSSR count). The van der Waals surface area contributed by atoms with E-state index in [1.54, 1.807) is 0 Å². The van der Waals surface area contributed by atoms with Crippen molar-refractivity contribution in [2.24, 2.45) is 5.92 Å². The molecule has 0 saturated heterocycles. The van der Waals surface area contributed by atoms with E-state index in [9.17, 15) is 14.4 Å². The molecular formula is C20H34O4. The van der Waals surface area contributed by atoms with Gasteiger partial charge in [0, 0.05) is 13.3 Å². The van der Waals surface area contributed by atoms with Crippen molar-refractivity contribution in [2.45, 2.75) is 103 Å². The zero-order valence-electron chi connectivity index (χ0n) is 15.3. The molecule has 1 fully saturated rings. The second-order valence-corrected chi connectivity index (χ2v) is 7.19. The van der Waals surface area contributed by atoms with Gasteiger partial charge in [-0.2, -0.15) is 0 Å². The first kappa shape index (κ1) is 20.9. The summed E-state index contributed by atoms with van der Waals surface area (Å²) in [5.41, 5.74) is 0. The van der Waals surface area contributed by atoms with Crippen LogP contribution < -0.4 is 0 Å². The summed E-state index contributed by atoms with van der Waals surface area (Å²) in [6, 6.07) is 0. The Hall–Kier alpha value is -1.19. The highest BCUT2D eigenvalue weighted by molar-refractivity contribution is 6.35. The number of ketones is 1. The molecule has 1 aliphatic carbocycles. The van der Waals surface area contributed by atoms with Crippen molar-refractivity contribution < 1.29 is 19.1 Å². The van der Waals surface area contributed by atoms with E-state index in [0.717, 1.165) is 32.6 Å². The molecule has 0 aromatic rings. The minimum absolute atomic E-state index is 0.228. The fourth-order valence-corrected chi connectivity index (χ4v) is 3.52. The van der Waals surface area contributed by atoms with Gasteiger partial charge in [-0.25, -0.2) is 4.79 Å². The smallest absolute Gasteiger partial charge is 0.382 e. The van der Waals surface area contributed by atoms with E-state index in [2.05, 4.69) is 4.74 Å². The lowest BCUT2D eigenvalue weighted by atomic mass is 9.90. The van der Waals surface area contributed by atoms with Gasteiger partial charge in [0.25, 0.3) is 0 Å². The number of Topliss-reactive ketones (excluding diaryl/α,β-unsaturated/α-hetero) is 1. The first-order valence-electron chi connectivity index (χ1n) is 9.85. The maximum absolute atomic E-state index is 11.9. The molecule has 24 heavy (non-hydrogen) atoms. The molecule has 0 aliphatic heterocycles. The van der Waals surface area contributed by atoms with E-state index in [-0.39, 0.29) is 12.3 Å². The van der Waals surface area contributed by atoms with Crippen LogP contribution in [0.15, 0.2) is 0 Å². The molecule has 0 aromatic carbocycles. The van der Waals surface area contributed by atoms with Gasteiger partial charge in [-0.1, -0.05) is 89.9 Å². The highest BCUT2D eigenvalue weighted by atomic mass is 16.6. The summed E-state index contributed by atoms with van der Waals surface area (Å²) in [6.07, 6.45) is 17.5. The quantitative estimate of drug-likeness (QED) is 0.407. The maximum Gasteiger partial charge on any atom is 0.382 e. The molecule has 4 nitrogen and oxygen atoms in total. The molecule has 4 heteroatoms. The lowest BCUT2D eigenvalue weighted by Crippen LogP contribution is -2.22. The molecule has 1 saturated carbocycles. The van der Waals surface area contributed by atoms with Crippen LogP contribution in [-0.4, -0.2) is 17.7 Å². The molecule has 0 N–H and O–H groups in total. The lowest BCUT2D eigenvalue weighted by Gasteiger charge is -2.15. The van der Waals surface area contributed by atoms with Crippen molar-refractivity contribution in [1.29, 1.82) is 0 Å². The first-order chi connectivity index (χ1) is 11.6. The minimum atomic E-state index is -0.988. The zero-order valence-corrected chi connectivity index (χ0v) is 15.3. The van der Waals surface area contributed by atoms with Crippen LogP contribution in [0.25, 0.3) is 0 Å². The Labute approximate surface area is 146 Å². The van der Waals surface area contributed by atoms with Crippen LogP contribution in [0.2, 0.25) is 0 Å². The molecule has 0 unspecified atom stereocenters. The summed E-state index contributed by atoms with van der Waals surface area (Å²) in [7, 11) is 0. The summed E-state index contributed by atoms with van der Waals surface area (Å²) in [6.45, 7) is 1.15. The van der Waals surface area contributed by atoms with E-state index in [1.165, 1.54) is 64.2 Å². The summed E-state index contributed by atoms with van der Waals surface area (Å²) in [5, 5.41) is 0. The van der Waals surface area contributed by atoms with Crippen molar-refractivity contribution in [2.75, 3.05) is 0 Å². The Balaban J connectivity index is 2.43. The Morgan fingerprint density at radius 2 is 1.08 bits per heavy atom. The maximum atomic E-state index is 11.9. The highest BCUT2D eigenvalue weighted by Crippen LogP contribution is 2.23. The number of ether oxygens (including phenoxy) is 1. The zero-order chi connectivity index (χ0) is 17.6. The minimum Gasteiger partial charge on any atom is -0.387 e. The second kappa shape index (κ2) is 13.1. The van der Waals surface area contributed by atoms with E-state index in [1.807, 2.05) is 0 Å². The number of hydrogen-bond donors (Lipinski definition) is 0. The first-order valence-corrected chi connectivity index (χ1v) is 9.85. The fourth-order valence-electron chi connectivity index (χ4n) is 3.52. The van der Waals surface area contributed by atoms with Crippen LogP contribution in [0.3, 0.4) is 0 Å². The van der Waals surface area contributed by atoms with Crippen molar-refractivity contribution in [3.8, 4) is 0 Å². The predicted molar refractivity (Wildman–Crippen MR) is 94.5 cm³/mol. The van der Waals surface area contributed by atoms with Gasteiger partial charge >= 0.3 is 11.9 Å². The standard InChI is InChI=1S/C20H34O4/c1-17(21)24-20(23)19(22)16-18-14-12-10-8-6-4-2-3-5-7-9-11-13-15-18/h18H,2-16H2,1H3. The van der Waals surface area contributed by atoms with Gasteiger partial charge in [0.1, 0.15) is 0 Å². The Morgan fingerprint density at radius 1 is 0.708 bits per heavy atom. The van der Waals surface area contributed by atoms with Crippen LogP contribution in [0.1, 0.15) is 103 Å². The Kier molecular flexibility index (Phi) is 11.4. The van der Waals surface area contributed by atoms with Crippen LogP contribution in [0, 0.1) is 5.92 Å². The number of carbonyl (C=O) groups excluding carboxylic acids is 3. The monoisotopic (exact) mass is 338 g/mol. The van der Waals surface area contributed by atoms with Gasteiger partial charge in [-0.3, -0.25) is 9.59 Å². The molecule has 0 spiro atoms. The Morgan fingerprint density at radius 3 is 1.46 bits per heavy atom. The molecule has 0 atom stereocenters. The summed E-state index contributed by atoms with van der Waals surface area (Å²) in [5.74, 6) is -2.00. The molecular weight excluding hydrogens is 304 g/mol. The summed E-state index contributed by atoms with van der Waals surface area (Å²) >= 11 is 0. The number of hydrogen-bond acceptors (Lipinski definition) is 4. The van der Waals surface area contributed by atoms with Gasteiger partial charge in [0.05, 0.1) is 0 Å². The van der Waals surface area contributed by atoms with Crippen molar-refractivity contribution in [3.63, 3.8) is 0 Å². The van der Waals surface area contributed by atoms with Crippen molar-refractivity contribution >= 4 is 17.7 Å². The number of esters is 2. The van der Waals surface area contributed by atoms with Crippen LogP contribution in [0.4, 0.5) is 0 Å². The van der Waals surface area contributed by atoms with Gasteiger partial charge in [-0.15, -0.1) is 0 Å². The van der Waals surface area contributed by atoms with Crippen LogP contribution >= 0.6 is 0 Å². The highest BCUT2D eigenvalue weighted by Gasteiger charge is 2.22. The predicted octanol–water partition coefficient (Wildman–Crippen LogP) is 5.13. The largest absolute Gasteiger partial charge is 0.387 e.